The van der Waals surface area contributed by atoms with Crippen LogP contribution in [0.3, 0.4) is 0 Å². The van der Waals surface area contributed by atoms with Gasteiger partial charge in [-0.2, -0.15) is 0 Å². The van der Waals surface area contributed by atoms with Gasteiger partial charge in [-0.1, -0.05) is 6.42 Å². The molecule has 1 fully saturated rings. The highest BCUT2D eigenvalue weighted by Crippen LogP contribution is 2.39. The van der Waals surface area contributed by atoms with Crippen LogP contribution in [-0.2, 0) is 0 Å². The summed E-state index contributed by atoms with van der Waals surface area (Å²) in [6.45, 7) is 9.36. The lowest BCUT2D eigenvalue weighted by molar-refractivity contribution is 0.113. The van der Waals surface area contributed by atoms with Crippen molar-refractivity contribution in [3.8, 4) is 0 Å². The number of nitrogens with one attached hydrogen (secondary N) is 2. The number of hydrogen-bond donors (Lipinski definition) is 2. The normalized spacial score (nSPS) is 28.1. The van der Waals surface area contributed by atoms with Crippen molar-refractivity contribution in [2.45, 2.75) is 64.5 Å². The van der Waals surface area contributed by atoms with E-state index in [0.717, 1.165) is 11.8 Å². The van der Waals surface area contributed by atoms with Gasteiger partial charge in [-0.15, -0.1) is 0 Å². The van der Waals surface area contributed by atoms with Crippen LogP contribution in [0.1, 0.15) is 53.4 Å². The zero-order valence-corrected chi connectivity index (χ0v) is 12.0. The average Bonchev–Trinajstić information content (AvgIpc) is 2.29. The Morgan fingerprint density at radius 3 is 1.50 bits per heavy atom. The first kappa shape index (κ1) is 14.0. The van der Waals surface area contributed by atoms with Crippen molar-refractivity contribution < 1.29 is 0 Å². The van der Waals surface area contributed by atoms with Gasteiger partial charge in [-0.25, -0.2) is 0 Å². The van der Waals surface area contributed by atoms with E-state index in [1.165, 1.54) is 25.7 Å². The summed E-state index contributed by atoms with van der Waals surface area (Å²) in [5, 5.41) is 6.96. The topological polar surface area (TPSA) is 24.1 Å². The minimum absolute atomic E-state index is 0.280. The van der Waals surface area contributed by atoms with Crippen LogP contribution in [0.5, 0.6) is 0 Å². The fourth-order valence-corrected chi connectivity index (χ4v) is 2.91. The molecule has 1 aliphatic carbocycles. The quantitative estimate of drug-likeness (QED) is 0.770. The van der Waals surface area contributed by atoms with Crippen molar-refractivity contribution >= 4 is 0 Å². The highest BCUT2D eigenvalue weighted by molar-refractivity contribution is 4.94. The Labute approximate surface area is 102 Å². The molecular formula is C14H30N2. The molecule has 0 bridgehead atoms. The molecule has 2 N–H and O–H groups in total. The molecule has 0 spiro atoms. The fourth-order valence-electron chi connectivity index (χ4n) is 2.91. The molecule has 0 radical (unpaired) electrons. The summed E-state index contributed by atoms with van der Waals surface area (Å²) in [5.41, 5.74) is 0.560. The van der Waals surface area contributed by atoms with Crippen molar-refractivity contribution in [1.82, 2.24) is 10.6 Å². The van der Waals surface area contributed by atoms with Gasteiger partial charge in [0.25, 0.3) is 0 Å². The molecule has 1 saturated carbocycles. The molecule has 96 valence electrons. The van der Waals surface area contributed by atoms with Crippen LogP contribution in [0.2, 0.25) is 0 Å². The van der Waals surface area contributed by atoms with Crippen molar-refractivity contribution in [2.75, 3.05) is 14.1 Å². The second-order valence-electron chi connectivity index (χ2n) is 6.50. The van der Waals surface area contributed by atoms with Crippen LogP contribution in [0.25, 0.3) is 0 Å². The van der Waals surface area contributed by atoms with Gasteiger partial charge in [-0.05, 0) is 72.9 Å². The van der Waals surface area contributed by atoms with E-state index in [4.69, 9.17) is 0 Å². The third-order valence-electron chi connectivity index (χ3n) is 5.00. The predicted octanol–water partition coefficient (Wildman–Crippen LogP) is 2.79. The van der Waals surface area contributed by atoms with Crippen molar-refractivity contribution in [1.29, 1.82) is 0 Å². The van der Waals surface area contributed by atoms with E-state index < -0.39 is 0 Å². The van der Waals surface area contributed by atoms with Gasteiger partial charge in [0.15, 0.2) is 0 Å². The summed E-state index contributed by atoms with van der Waals surface area (Å²) in [6.07, 6.45) is 5.49. The molecule has 2 nitrogen and oxygen atoms in total. The van der Waals surface area contributed by atoms with E-state index in [9.17, 15) is 0 Å². The van der Waals surface area contributed by atoms with Crippen LogP contribution in [0.4, 0.5) is 0 Å². The predicted molar refractivity (Wildman–Crippen MR) is 71.7 cm³/mol. The molecule has 1 rings (SSSR count). The lowest BCUT2D eigenvalue weighted by atomic mass is 9.67. The molecule has 2 unspecified atom stereocenters. The maximum Gasteiger partial charge on any atom is 0.0150 e. The van der Waals surface area contributed by atoms with Gasteiger partial charge in [0.1, 0.15) is 0 Å². The van der Waals surface area contributed by atoms with E-state index >= 15 is 0 Å². The molecule has 0 amide bonds. The zero-order valence-electron chi connectivity index (χ0n) is 12.0. The summed E-state index contributed by atoms with van der Waals surface area (Å²) in [5.74, 6) is 1.62. The molecular weight excluding hydrogens is 196 g/mol. The second kappa shape index (κ2) is 5.05. The Bertz CT molecular complexity index is 199. The smallest absolute Gasteiger partial charge is 0.0150 e. The van der Waals surface area contributed by atoms with Crippen LogP contribution < -0.4 is 10.6 Å². The Morgan fingerprint density at radius 2 is 1.19 bits per heavy atom. The van der Waals surface area contributed by atoms with Crippen LogP contribution >= 0.6 is 0 Å². The lowest BCUT2D eigenvalue weighted by Gasteiger charge is -2.45. The number of hydrogen-bond acceptors (Lipinski definition) is 2. The van der Waals surface area contributed by atoms with Crippen LogP contribution in [-0.4, -0.2) is 25.2 Å². The number of rotatable bonds is 4. The van der Waals surface area contributed by atoms with Crippen LogP contribution in [0.15, 0.2) is 0 Å². The van der Waals surface area contributed by atoms with Crippen LogP contribution in [0, 0.1) is 11.8 Å². The van der Waals surface area contributed by atoms with Gasteiger partial charge in [-0.3, -0.25) is 0 Å². The fraction of sp³-hybridized carbons (Fsp3) is 1.00. The minimum atomic E-state index is 0.280. The third kappa shape index (κ3) is 2.98. The van der Waals surface area contributed by atoms with E-state index in [1.807, 2.05) is 0 Å². The van der Waals surface area contributed by atoms with E-state index in [-0.39, 0.29) is 11.1 Å². The van der Waals surface area contributed by atoms with Gasteiger partial charge >= 0.3 is 0 Å². The van der Waals surface area contributed by atoms with Gasteiger partial charge in [0, 0.05) is 11.1 Å². The van der Waals surface area contributed by atoms with E-state index in [0.29, 0.717) is 0 Å². The largest absolute Gasteiger partial charge is 0.315 e. The molecule has 2 atom stereocenters. The lowest BCUT2D eigenvalue weighted by Crippen LogP contribution is -2.51. The summed E-state index contributed by atoms with van der Waals surface area (Å²) in [7, 11) is 4.18. The molecule has 0 aromatic rings. The SMILES string of the molecule is CNC(C)(C)C1CCCC(C(C)(C)NC)C1. The summed E-state index contributed by atoms with van der Waals surface area (Å²) in [6, 6.07) is 0. The monoisotopic (exact) mass is 226 g/mol. The first-order chi connectivity index (χ1) is 7.33. The molecule has 1 aliphatic rings. The van der Waals surface area contributed by atoms with Gasteiger partial charge in [0.2, 0.25) is 0 Å². The Morgan fingerprint density at radius 1 is 0.812 bits per heavy atom. The summed E-state index contributed by atoms with van der Waals surface area (Å²) < 4.78 is 0. The van der Waals surface area contributed by atoms with Crippen molar-refractivity contribution in [3.05, 3.63) is 0 Å². The molecule has 2 heteroatoms. The minimum Gasteiger partial charge on any atom is -0.315 e. The van der Waals surface area contributed by atoms with Gasteiger partial charge < -0.3 is 10.6 Å². The molecule has 16 heavy (non-hydrogen) atoms. The maximum atomic E-state index is 3.48. The molecule has 0 aromatic carbocycles. The first-order valence-corrected chi connectivity index (χ1v) is 6.71. The standard InChI is InChI=1S/C14H30N2/c1-13(2,15-5)11-8-7-9-12(10-11)14(3,4)16-6/h11-12,15-16H,7-10H2,1-6H3. The summed E-state index contributed by atoms with van der Waals surface area (Å²) in [4.78, 5) is 0. The highest BCUT2D eigenvalue weighted by atomic mass is 14.9. The van der Waals surface area contributed by atoms with Gasteiger partial charge in [0.05, 0.1) is 0 Å². The molecule has 0 saturated heterocycles. The van der Waals surface area contributed by atoms with E-state index in [2.05, 4.69) is 52.4 Å². The molecule has 0 heterocycles. The Balaban J connectivity index is 2.67. The highest BCUT2D eigenvalue weighted by Gasteiger charge is 2.37. The second-order valence-corrected chi connectivity index (χ2v) is 6.50. The average molecular weight is 226 g/mol. The Hall–Kier alpha value is -0.0800. The van der Waals surface area contributed by atoms with Crippen molar-refractivity contribution in [2.24, 2.45) is 11.8 Å². The maximum absolute atomic E-state index is 3.48. The molecule has 0 aliphatic heterocycles. The zero-order chi connectivity index (χ0) is 12.4. The first-order valence-electron chi connectivity index (χ1n) is 6.71. The van der Waals surface area contributed by atoms with Crippen molar-refractivity contribution in [3.63, 3.8) is 0 Å². The van der Waals surface area contributed by atoms with E-state index in [1.54, 1.807) is 0 Å². The summed E-state index contributed by atoms with van der Waals surface area (Å²) >= 11 is 0. The molecule has 0 aromatic heterocycles. The third-order valence-corrected chi connectivity index (χ3v) is 5.00. The Kier molecular flexibility index (Phi) is 4.42.